The maximum absolute atomic E-state index is 11.1. The first kappa shape index (κ1) is 13.7. The van der Waals surface area contributed by atoms with Crippen LogP contribution in [0.4, 0.5) is 11.4 Å². The van der Waals surface area contributed by atoms with E-state index in [0.717, 1.165) is 17.9 Å². The zero-order chi connectivity index (χ0) is 14.7. The molecule has 0 spiro atoms. The summed E-state index contributed by atoms with van der Waals surface area (Å²) in [7, 11) is 0. The summed E-state index contributed by atoms with van der Waals surface area (Å²) in [6.45, 7) is 2.32. The first-order valence-electron chi connectivity index (χ1n) is 7.43. The molecule has 0 unspecified atom stereocenters. The van der Waals surface area contributed by atoms with Gasteiger partial charge >= 0.3 is 0 Å². The highest BCUT2D eigenvalue weighted by atomic mass is 16.1. The van der Waals surface area contributed by atoms with Gasteiger partial charge in [-0.3, -0.25) is 4.79 Å². The van der Waals surface area contributed by atoms with E-state index in [-0.39, 0.29) is 5.91 Å². The van der Waals surface area contributed by atoms with E-state index < -0.39 is 0 Å². The Morgan fingerprint density at radius 3 is 2.71 bits per heavy atom. The average molecular weight is 280 g/mol. The minimum absolute atomic E-state index is 0.0502. The Morgan fingerprint density at radius 2 is 1.86 bits per heavy atom. The summed E-state index contributed by atoms with van der Waals surface area (Å²) in [5.41, 5.74) is 6.15. The molecule has 0 aliphatic heterocycles. The second-order valence-corrected chi connectivity index (χ2v) is 5.57. The minimum atomic E-state index is -0.0502. The third-order valence-electron chi connectivity index (χ3n) is 3.84. The number of hydrogen-bond acceptors (Lipinski definition) is 2. The van der Waals surface area contributed by atoms with E-state index in [9.17, 15) is 4.79 Å². The van der Waals surface area contributed by atoms with E-state index in [0.29, 0.717) is 0 Å². The average Bonchev–Trinajstić information content (AvgIpc) is 2.92. The fourth-order valence-corrected chi connectivity index (χ4v) is 2.85. The SMILES string of the molecule is CC(=O)Nc1cccc(NCc2ccc3c(c2)CCC3)c1. The van der Waals surface area contributed by atoms with Gasteiger partial charge in [-0.25, -0.2) is 0 Å². The third kappa shape index (κ3) is 3.43. The first-order chi connectivity index (χ1) is 10.2. The van der Waals surface area contributed by atoms with Crippen molar-refractivity contribution >= 4 is 17.3 Å². The van der Waals surface area contributed by atoms with Crippen LogP contribution in [0.2, 0.25) is 0 Å². The summed E-state index contributed by atoms with van der Waals surface area (Å²) < 4.78 is 0. The highest BCUT2D eigenvalue weighted by Crippen LogP contribution is 2.23. The van der Waals surface area contributed by atoms with Gasteiger partial charge in [0.2, 0.25) is 5.91 Å². The molecular weight excluding hydrogens is 260 g/mol. The summed E-state index contributed by atoms with van der Waals surface area (Å²) in [6, 6.07) is 14.6. The van der Waals surface area contributed by atoms with E-state index in [2.05, 4.69) is 28.8 Å². The lowest BCUT2D eigenvalue weighted by Crippen LogP contribution is -2.06. The number of hydrogen-bond donors (Lipinski definition) is 2. The van der Waals surface area contributed by atoms with E-state index in [1.165, 1.54) is 42.9 Å². The van der Waals surface area contributed by atoms with Crippen LogP contribution in [0.25, 0.3) is 0 Å². The molecule has 2 aromatic rings. The lowest BCUT2D eigenvalue weighted by molar-refractivity contribution is -0.114. The molecule has 108 valence electrons. The van der Waals surface area contributed by atoms with Gasteiger partial charge in [0, 0.05) is 24.8 Å². The predicted molar refractivity (Wildman–Crippen MR) is 86.5 cm³/mol. The molecule has 0 fully saturated rings. The largest absolute Gasteiger partial charge is 0.381 e. The van der Waals surface area contributed by atoms with Gasteiger partial charge in [0.1, 0.15) is 0 Å². The van der Waals surface area contributed by atoms with Crippen molar-refractivity contribution < 1.29 is 4.79 Å². The molecule has 1 amide bonds. The zero-order valence-electron chi connectivity index (χ0n) is 12.3. The fraction of sp³-hybridized carbons (Fsp3) is 0.278. The topological polar surface area (TPSA) is 41.1 Å². The van der Waals surface area contributed by atoms with Gasteiger partial charge in [-0.05, 0) is 54.2 Å². The van der Waals surface area contributed by atoms with Crippen molar-refractivity contribution in [1.82, 2.24) is 0 Å². The first-order valence-corrected chi connectivity index (χ1v) is 7.43. The molecule has 2 aromatic carbocycles. The Bertz CT molecular complexity index is 664. The number of carbonyl (C=O) groups is 1. The summed E-state index contributed by atoms with van der Waals surface area (Å²) in [6.07, 6.45) is 3.72. The summed E-state index contributed by atoms with van der Waals surface area (Å²) in [5, 5.41) is 6.21. The number of amides is 1. The third-order valence-corrected chi connectivity index (χ3v) is 3.84. The Balaban J connectivity index is 1.66. The van der Waals surface area contributed by atoms with Crippen LogP contribution in [0, 0.1) is 0 Å². The second kappa shape index (κ2) is 6.00. The monoisotopic (exact) mass is 280 g/mol. The summed E-state index contributed by atoms with van der Waals surface area (Å²) >= 11 is 0. The standard InChI is InChI=1S/C18H20N2O/c1-13(21)20-18-7-3-6-17(11-18)19-12-14-8-9-15-4-2-5-16(15)10-14/h3,6-11,19H,2,4-5,12H2,1H3,(H,20,21). The van der Waals surface area contributed by atoms with E-state index in [4.69, 9.17) is 0 Å². The fourth-order valence-electron chi connectivity index (χ4n) is 2.85. The van der Waals surface area contributed by atoms with Crippen LogP contribution in [0.15, 0.2) is 42.5 Å². The van der Waals surface area contributed by atoms with Crippen molar-refractivity contribution in [3.8, 4) is 0 Å². The lowest BCUT2D eigenvalue weighted by Gasteiger charge is -2.10. The van der Waals surface area contributed by atoms with Gasteiger partial charge < -0.3 is 10.6 Å². The van der Waals surface area contributed by atoms with Gasteiger partial charge in [0.15, 0.2) is 0 Å². The van der Waals surface area contributed by atoms with Gasteiger partial charge in [-0.15, -0.1) is 0 Å². The van der Waals surface area contributed by atoms with Crippen molar-refractivity contribution in [2.45, 2.75) is 32.7 Å². The smallest absolute Gasteiger partial charge is 0.221 e. The highest BCUT2D eigenvalue weighted by Gasteiger charge is 2.10. The molecule has 1 aliphatic carbocycles. The van der Waals surface area contributed by atoms with Crippen molar-refractivity contribution in [3.63, 3.8) is 0 Å². The second-order valence-electron chi connectivity index (χ2n) is 5.57. The van der Waals surface area contributed by atoms with Crippen molar-refractivity contribution in [2.24, 2.45) is 0 Å². The minimum Gasteiger partial charge on any atom is -0.381 e. The molecule has 1 aliphatic rings. The van der Waals surface area contributed by atoms with Crippen LogP contribution in [0.1, 0.15) is 30.0 Å². The normalized spacial score (nSPS) is 12.8. The van der Waals surface area contributed by atoms with Crippen LogP contribution in [-0.2, 0) is 24.2 Å². The molecule has 3 heteroatoms. The molecule has 0 saturated heterocycles. The Hall–Kier alpha value is -2.29. The molecule has 3 nitrogen and oxygen atoms in total. The van der Waals surface area contributed by atoms with Crippen LogP contribution >= 0.6 is 0 Å². The van der Waals surface area contributed by atoms with Crippen LogP contribution in [0.3, 0.4) is 0 Å². The predicted octanol–water partition coefficient (Wildman–Crippen LogP) is 3.75. The van der Waals surface area contributed by atoms with Crippen LogP contribution in [0.5, 0.6) is 0 Å². The number of benzene rings is 2. The molecule has 21 heavy (non-hydrogen) atoms. The van der Waals surface area contributed by atoms with Gasteiger partial charge in [0.05, 0.1) is 0 Å². The van der Waals surface area contributed by atoms with Crippen LogP contribution < -0.4 is 10.6 Å². The maximum atomic E-state index is 11.1. The molecule has 2 N–H and O–H groups in total. The summed E-state index contributed by atoms with van der Waals surface area (Å²) in [5.74, 6) is -0.0502. The van der Waals surface area contributed by atoms with E-state index >= 15 is 0 Å². The van der Waals surface area contributed by atoms with Crippen molar-refractivity contribution in [3.05, 3.63) is 59.2 Å². The molecule has 0 saturated carbocycles. The molecule has 3 rings (SSSR count). The quantitative estimate of drug-likeness (QED) is 0.895. The van der Waals surface area contributed by atoms with Crippen LogP contribution in [-0.4, -0.2) is 5.91 Å². The summed E-state index contributed by atoms with van der Waals surface area (Å²) in [4.78, 5) is 11.1. The number of fused-ring (bicyclic) bond motifs is 1. The molecule has 0 aromatic heterocycles. The van der Waals surface area contributed by atoms with Gasteiger partial charge in [-0.1, -0.05) is 24.3 Å². The lowest BCUT2D eigenvalue weighted by atomic mass is 10.1. The molecule has 0 radical (unpaired) electrons. The van der Waals surface area contributed by atoms with Crippen molar-refractivity contribution in [1.29, 1.82) is 0 Å². The zero-order valence-corrected chi connectivity index (χ0v) is 12.3. The molecular formula is C18H20N2O. The van der Waals surface area contributed by atoms with Crippen molar-refractivity contribution in [2.75, 3.05) is 10.6 Å². The molecule has 0 bridgehead atoms. The number of carbonyl (C=O) groups excluding carboxylic acids is 1. The number of nitrogens with one attached hydrogen (secondary N) is 2. The van der Waals surface area contributed by atoms with E-state index in [1.54, 1.807) is 0 Å². The number of anilines is 2. The number of aryl methyl sites for hydroxylation is 2. The maximum Gasteiger partial charge on any atom is 0.221 e. The molecule has 0 atom stereocenters. The molecule has 0 heterocycles. The Kier molecular flexibility index (Phi) is 3.91. The van der Waals surface area contributed by atoms with Gasteiger partial charge in [-0.2, -0.15) is 0 Å². The number of rotatable bonds is 4. The Morgan fingerprint density at radius 1 is 1.05 bits per heavy atom. The van der Waals surface area contributed by atoms with E-state index in [1.807, 2.05) is 24.3 Å². The van der Waals surface area contributed by atoms with Gasteiger partial charge in [0.25, 0.3) is 0 Å². The highest BCUT2D eigenvalue weighted by molar-refractivity contribution is 5.89. The Labute approximate surface area is 125 Å².